The molecule has 1 amide bonds. The number of esters is 1. The van der Waals surface area contributed by atoms with E-state index in [1.54, 1.807) is 0 Å². The highest BCUT2D eigenvalue weighted by Crippen LogP contribution is 2.14. The SMILES string of the molecule is CCCC/C=C\C/C=C\CCCCCCCC(=O)OC(/C=C\CCCC)CCCCCCC(=O)NC(CCCN)C(=O)O. The van der Waals surface area contributed by atoms with Crippen molar-refractivity contribution >= 4 is 17.8 Å². The lowest BCUT2D eigenvalue weighted by molar-refractivity contribution is -0.147. The zero-order chi connectivity index (χ0) is 31.8. The molecule has 2 unspecified atom stereocenters. The van der Waals surface area contributed by atoms with Crippen LogP contribution in [0.1, 0.15) is 155 Å². The van der Waals surface area contributed by atoms with Crippen molar-refractivity contribution in [3.05, 3.63) is 36.5 Å². The maximum atomic E-state index is 12.5. The van der Waals surface area contributed by atoms with Crippen molar-refractivity contribution in [2.24, 2.45) is 5.73 Å². The number of carboxylic acids is 1. The van der Waals surface area contributed by atoms with Gasteiger partial charge >= 0.3 is 11.9 Å². The average molecular weight is 605 g/mol. The number of allylic oxidation sites excluding steroid dienone is 5. The Labute approximate surface area is 263 Å². The molecule has 0 rings (SSSR count). The van der Waals surface area contributed by atoms with Gasteiger partial charge in [-0.3, -0.25) is 9.59 Å². The molecule has 0 aromatic rings. The zero-order valence-corrected chi connectivity index (χ0v) is 27.5. The molecule has 0 saturated carbocycles. The van der Waals surface area contributed by atoms with Crippen molar-refractivity contribution in [3.63, 3.8) is 0 Å². The molecule has 0 heterocycles. The van der Waals surface area contributed by atoms with Gasteiger partial charge in [0.15, 0.2) is 0 Å². The number of unbranched alkanes of at least 4 members (excludes halogenated alkanes) is 12. The van der Waals surface area contributed by atoms with E-state index in [1.807, 2.05) is 6.08 Å². The minimum atomic E-state index is -1.02. The molecule has 0 radical (unpaired) electrons. The van der Waals surface area contributed by atoms with Crippen molar-refractivity contribution in [2.75, 3.05) is 6.54 Å². The van der Waals surface area contributed by atoms with Crippen LogP contribution in [-0.4, -0.2) is 41.6 Å². The quantitative estimate of drug-likeness (QED) is 0.0429. The Hall–Kier alpha value is -2.41. The fourth-order valence-electron chi connectivity index (χ4n) is 4.71. The van der Waals surface area contributed by atoms with Gasteiger partial charge in [0.25, 0.3) is 0 Å². The lowest BCUT2D eigenvalue weighted by atomic mass is 10.1. The Morgan fingerprint density at radius 2 is 1.28 bits per heavy atom. The first-order chi connectivity index (χ1) is 20.9. The second-order valence-electron chi connectivity index (χ2n) is 11.6. The first-order valence-electron chi connectivity index (χ1n) is 17.3. The largest absolute Gasteiger partial charge is 0.480 e. The second kappa shape index (κ2) is 31.0. The van der Waals surface area contributed by atoms with E-state index >= 15 is 0 Å². The summed E-state index contributed by atoms with van der Waals surface area (Å²) in [6.07, 6.45) is 33.6. The first kappa shape index (κ1) is 40.6. The van der Waals surface area contributed by atoms with E-state index in [4.69, 9.17) is 10.5 Å². The van der Waals surface area contributed by atoms with E-state index in [1.165, 1.54) is 32.1 Å². The zero-order valence-electron chi connectivity index (χ0n) is 27.5. The Kier molecular flexibility index (Phi) is 29.3. The maximum Gasteiger partial charge on any atom is 0.326 e. The molecule has 4 N–H and O–H groups in total. The minimum Gasteiger partial charge on any atom is -0.480 e. The summed E-state index contributed by atoms with van der Waals surface area (Å²) < 4.78 is 5.82. The van der Waals surface area contributed by atoms with Crippen LogP contribution in [0.3, 0.4) is 0 Å². The fraction of sp³-hybridized carbons (Fsp3) is 0.750. The maximum absolute atomic E-state index is 12.5. The molecule has 0 aliphatic heterocycles. The van der Waals surface area contributed by atoms with Gasteiger partial charge < -0.3 is 20.9 Å². The smallest absolute Gasteiger partial charge is 0.326 e. The highest BCUT2D eigenvalue weighted by atomic mass is 16.5. The lowest BCUT2D eigenvalue weighted by Crippen LogP contribution is -2.40. The molecule has 248 valence electrons. The number of amides is 1. The fourth-order valence-corrected chi connectivity index (χ4v) is 4.71. The molecule has 2 atom stereocenters. The van der Waals surface area contributed by atoms with Crippen LogP contribution < -0.4 is 11.1 Å². The van der Waals surface area contributed by atoms with Crippen LogP contribution in [-0.2, 0) is 19.1 Å². The number of rotatable bonds is 30. The Balaban J connectivity index is 4.15. The third-order valence-electron chi connectivity index (χ3n) is 7.41. The molecule has 43 heavy (non-hydrogen) atoms. The molecule has 0 aliphatic carbocycles. The molecule has 7 nitrogen and oxygen atoms in total. The van der Waals surface area contributed by atoms with Crippen molar-refractivity contribution in [1.29, 1.82) is 0 Å². The third-order valence-corrected chi connectivity index (χ3v) is 7.41. The molecule has 0 bridgehead atoms. The van der Waals surface area contributed by atoms with E-state index < -0.39 is 12.0 Å². The number of carboxylic acid groups (broad SMARTS) is 1. The van der Waals surface area contributed by atoms with Crippen LogP contribution in [0, 0.1) is 0 Å². The van der Waals surface area contributed by atoms with Crippen LogP contribution >= 0.6 is 0 Å². The van der Waals surface area contributed by atoms with Gasteiger partial charge in [-0.2, -0.15) is 0 Å². The van der Waals surface area contributed by atoms with Gasteiger partial charge in [-0.25, -0.2) is 4.79 Å². The molecular weight excluding hydrogens is 540 g/mol. The summed E-state index contributed by atoms with van der Waals surface area (Å²) in [6, 6.07) is -0.869. The number of aliphatic carboxylic acids is 1. The monoisotopic (exact) mass is 604 g/mol. The predicted octanol–water partition coefficient (Wildman–Crippen LogP) is 8.72. The van der Waals surface area contributed by atoms with Crippen molar-refractivity contribution < 1.29 is 24.2 Å². The normalized spacial score (nSPS) is 13.2. The summed E-state index contributed by atoms with van der Waals surface area (Å²) in [6.45, 7) is 4.79. The van der Waals surface area contributed by atoms with Gasteiger partial charge in [0.1, 0.15) is 12.1 Å². The molecule has 0 aliphatic rings. The van der Waals surface area contributed by atoms with Crippen LogP contribution in [0.2, 0.25) is 0 Å². The Bertz CT molecular complexity index is 778. The van der Waals surface area contributed by atoms with E-state index in [9.17, 15) is 19.5 Å². The number of hydrogen-bond donors (Lipinski definition) is 3. The molecule has 0 spiro atoms. The van der Waals surface area contributed by atoms with Crippen molar-refractivity contribution in [3.8, 4) is 0 Å². The number of nitrogens with one attached hydrogen (secondary N) is 1. The third kappa shape index (κ3) is 28.1. The molecule has 0 saturated heterocycles. The molecule has 7 heteroatoms. The van der Waals surface area contributed by atoms with Gasteiger partial charge in [-0.15, -0.1) is 0 Å². The average Bonchev–Trinajstić information content (AvgIpc) is 2.98. The van der Waals surface area contributed by atoms with E-state index in [2.05, 4.69) is 49.5 Å². The van der Waals surface area contributed by atoms with Gasteiger partial charge in [-0.1, -0.05) is 102 Å². The highest BCUT2D eigenvalue weighted by molar-refractivity contribution is 5.83. The topological polar surface area (TPSA) is 119 Å². The Morgan fingerprint density at radius 1 is 0.698 bits per heavy atom. The predicted molar refractivity (Wildman–Crippen MR) is 179 cm³/mol. The van der Waals surface area contributed by atoms with Gasteiger partial charge in [-0.05, 0) is 83.2 Å². The van der Waals surface area contributed by atoms with E-state index in [0.717, 1.165) is 77.0 Å². The molecule has 0 aromatic heterocycles. The Morgan fingerprint density at radius 3 is 1.93 bits per heavy atom. The molecule has 0 fully saturated rings. The molecular formula is C36H64N2O5. The van der Waals surface area contributed by atoms with Crippen molar-refractivity contribution in [1.82, 2.24) is 5.32 Å². The number of carbonyl (C=O) groups is 3. The van der Waals surface area contributed by atoms with Crippen molar-refractivity contribution in [2.45, 2.75) is 167 Å². The number of carbonyl (C=O) groups excluding carboxylic acids is 2. The van der Waals surface area contributed by atoms with Crippen LogP contribution in [0.5, 0.6) is 0 Å². The van der Waals surface area contributed by atoms with Gasteiger partial charge in [0.05, 0.1) is 0 Å². The standard InChI is InChI=1S/C36H64N2O5/c1-3-5-7-9-10-11-12-13-14-15-16-17-18-24-30-35(40)43-32(26-21-8-6-4-2)27-22-19-20-23-29-34(39)38-33(36(41)42)28-25-31-37/h9-10,12-13,21,26,32-33H,3-8,11,14-20,22-25,27-31,37H2,1-2H3,(H,38,39)(H,41,42)/b10-9-,13-12-,26-21-. The summed E-state index contributed by atoms with van der Waals surface area (Å²) in [7, 11) is 0. The second-order valence-corrected chi connectivity index (χ2v) is 11.6. The highest BCUT2D eigenvalue weighted by Gasteiger charge is 2.18. The lowest BCUT2D eigenvalue weighted by Gasteiger charge is -2.15. The summed E-state index contributed by atoms with van der Waals surface area (Å²) in [5, 5.41) is 11.8. The first-order valence-corrected chi connectivity index (χ1v) is 17.3. The van der Waals surface area contributed by atoms with Gasteiger partial charge in [0, 0.05) is 12.8 Å². The van der Waals surface area contributed by atoms with E-state index in [-0.39, 0.29) is 18.0 Å². The van der Waals surface area contributed by atoms with Crippen LogP contribution in [0.25, 0.3) is 0 Å². The number of hydrogen-bond acceptors (Lipinski definition) is 5. The number of ether oxygens (including phenoxy) is 1. The summed E-state index contributed by atoms with van der Waals surface area (Å²) in [5.41, 5.74) is 5.45. The minimum absolute atomic E-state index is 0.112. The summed E-state index contributed by atoms with van der Waals surface area (Å²) in [4.78, 5) is 35.9. The van der Waals surface area contributed by atoms with Crippen LogP contribution in [0.15, 0.2) is 36.5 Å². The van der Waals surface area contributed by atoms with E-state index in [0.29, 0.717) is 38.6 Å². The number of nitrogens with two attached hydrogens (primary N) is 1. The summed E-state index contributed by atoms with van der Waals surface area (Å²) >= 11 is 0. The van der Waals surface area contributed by atoms with Crippen LogP contribution in [0.4, 0.5) is 0 Å². The molecule has 0 aromatic carbocycles. The summed E-state index contributed by atoms with van der Waals surface area (Å²) in [5.74, 6) is -1.36. The van der Waals surface area contributed by atoms with Gasteiger partial charge in [0.2, 0.25) is 5.91 Å².